The van der Waals surface area contributed by atoms with Crippen LogP contribution in [-0.2, 0) is 5.41 Å². The van der Waals surface area contributed by atoms with E-state index in [0.717, 1.165) is 67.9 Å². The summed E-state index contributed by atoms with van der Waals surface area (Å²) in [7, 11) is 0. The van der Waals surface area contributed by atoms with E-state index >= 15 is 0 Å². The molecule has 84 heavy (non-hydrogen) atoms. The molecule has 0 aromatic heterocycles. The van der Waals surface area contributed by atoms with Gasteiger partial charge in [-0.25, -0.2) is 0 Å². The van der Waals surface area contributed by atoms with Gasteiger partial charge in [-0.05, 0) is 199 Å². The lowest BCUT2D eigenvalue weighted by Crippen LogP contribution is -2.16. The highest BCUT2D eigenvalue weighted by Crippen LogP contribution is 2.51. The van der Waals surface area contributed by atoms with Gasteiger partial charge in [0.25, 0.3) is 0 Å². The topological polar surface area (TPSA) is 9.72 Å². The fraction of sp³-hybridized carbons (Fsp3) is 0.0370. The third-order valence-electron chi connectivity index (χ3n) is 16.6. The highest BCUT2D eigenvalue weighted by atomic mass is 15.2. The molecule has 400 valence electrons. The molecule has 0 heterocycles. The van der Waals surface area contributed by atoms with Gasteiger partial charge in [-0.3, -0.25) is 0 Å². The van der Waals surface area contributed by atoms with Crippen LogP contribution in [0.25, 0.3) is 66.8 Å². The SMILES string of the molecule is CC1(C)c2ccccc2-c2ccc(N(c3ccccc3)c3ccc(-c4cccc(-c5ccc(N(c6ccc(-c7cccc(-c8ccc(N(c9ccccc9)c9ccccc9)cc8)c7)cc6)c6cccc(-c7ccccc7)c6)cc5)c4)cc3)cc21. The van der Waals surface area contributed by atoms with Crippen LogP contribution in [0.4, 0.5) is 51.2 Å². The first-order chi connectivity index (χ1) is 41.4. The second kappa shape index (κ2) is 22.3. The van der Waals surface area contributed by atoms with Crippen molar-refractivity contribution in [1.29, 1.82) is 0 Å². The molecule has 3 nitrogen and oxygen atoms in total. The lowest BCUT2D eigenvalue weighted by molar-refractivity contribution is 0.660. The molecule has 0 saturated heterocycles. The molecular weight excluding hydrogens is 1010 g/mol. The number of hydrogen-bond acceptors (Lipinski definition) is 3. The predicted molar refractivity (Wildman–Crippen MR) is 355 cm³/mol. The molecule has 1 aliphatic carbocycles. The zero-order valence-electron chi connectivity index (χ0n) is 47.1. The van der Waals surface area contributed by atoms with Crippen LogP contribution in [0.3, 0.4) is 0 Å². The lowest BCUT2D eigenvalue weighted by atomic mass is 9.82. The Hall–Kier alpha value is -10.7. The van der Waals surface area contributed by atoms with Gasteiger partial charge in [-0.2, -0.15) is 0 Å². The Labute approximate surface area is 493 Å². The zero-order valence-corrected chi connectivity index (χ0v) is 47.1. The molecule has 3 heteroatoms. The van der Waals surface area contributed by atoms with Crippen LogP contribution in [0, 0.1) is 0 Å². The van der Waals surface area contributed by atoms with Crippen molar-refractivity contribution in [2.24, 2.45) is 0 Å². The van der Waals surface area contributed by atoms with Crippen molar-refractivity contribution in [3.8, 4) is 66.8 Å². The maximum Gasteiger partial charge on any atom is 0.0467 e. The summed E-state index contributed by atoms with van der Waals surface area (Å²) in [4.78, 5) is 7.04. The Morgan fingerprint density at radius 3 is 0.857 bits per heavy atom. The Kier molecular flexibility index (Phi) is 13.7. The third kappa shape index (κ3) is 10.0. The van der Waals surface area contributed by atoms with Gasteiger partial charge in [0.1, 0.15) is 0 Å². The minimum absolute atomic E-state index is 0.0950. The van der Waals surface area contributed by atoms with Crippen LogP contribution in [0.15, 0.2) is 334 Å². The minimum atomic E-state index is -0.0950. The van der Waals surface area contributed by atoms with Crippen molar-refractivity contribution >= 4 is 51.2 Å². The summed E-state index contributed by atoms with van der Waals surface area (Å²) in [5, 5.41) is 0. The number of benzene rings is 13. The molecule has 0 fully saturated rings. The first-order valence-corrected chi connectivity index (χ1v) is 29.0. The number of nitrogens with zero attached hydrogens (tertiary/aromatic N) is 3. The summed E-state index contributed by atoms with van der Waals surface area (Å²) in [6, 6.07) is 121. The Bertz CT molecular complexity index is 4370. The molecule has 1 aliphatic rings. The van der Waals surface area contributed by atoms with Gasteiger partial charge in [0.05, 0.1) is 0 Å². The maximum absolute atomic E-state index is 2.40. The van der Waals surface area contributed by atoms with Gasteiger partial charge in [0.15, 0.2) is 0 Å². The fourth-order valence-electron chi connectivity index (χ4n) is 12.3. The average molecular weight is 1080 g/mol. The van der Waals surface area contributed by atoms with E-state index in [-0.39, 0.29) is 5.41 Å². The van der Waals surface area contributed by atoms with E-state index in [1.807, 2.05) is 0 Å². The van der Waals surface area contributed by atoms with Crippen molar-refractivity contribution in [2.75, 3.05) is 14.7 Å². The second-order valence-electron chi connectivity index (χ2n) is 22.2. The summed E-state index contributed by atoms with van der Waals surface area (Å²) < 4.78 is 0. The predicted octanol–water partition coefficient (Wildman–Crippen LogP) is 22.7. The van der Waals surface area contributed by atoms with Crippen LogP contribution < -0.4 is 14.7 Å². The lowest BCUT2D eigenvalue weighted by Gasteiger charge is -2.28. The van der Waals surface area contributed by atoms with Crippen molar-refractivity contribution in [2.45, 2.75) is 19.3 Å². The molecule has 0 unspecified atom stereocenters. The smallest absolute Gasteiger partial charge is 0.0467 e. The third-order valence-corrected chi connectivity index (χ3v) is 16.6. The molecule has 0 bridgehead atoms. The van der Waals surface area contributed by atoms with E-state index < -0.39 is 0 Å². The van der Waals surface area contributed by atoms with Crippen molar-refractivity contribution < 1.29 is 0 Å². The van der Waals surface area contributed by atoms with Gasteiger partial charge in [0.2, 0.25) is 0 Å². The standard InChI is InChI=1S/C81H61N3/c1-81(2)79-35-16-15-34-77(79)78-53-52-76(57-80(78)81)83(70-31-13-6-14-32-70)72-46-38-60(39-47-72)64-23-18-25-66(55-64)62-42-50-74(51-43-62)84(75-33-19-26-67(56-75)58-20-7-3-8-21-58)73-48-40-61(41-49-73)65-24-17-22-63(54-65)59-36-44-71(45-37-59)82(68-27-9-4-10-28-68)69-29-11-5-12-30-69/h3-57H,1-2H3. The normalized spacial score (nSPS) is 12.0. The van der Waals surface area contributed by atoms with Crippen molar-refractivity contribution in [1.82, 2.24) is 0 Å². The van der Waals surface area contributed by atoms with Crippen molar-refractivity contribution in [3.05, 3.63) is 345 Å². The number of fused-ring (bicyclic) bond motifs is 3. The molecule has 0 amide bonds. The van der Waals surface area contributed by atoms with E-state index in [1.165, 1.54) is 61.2 Å². The summed E-state index contributed by atoms with van der Waals surface area (Å²) in [6.07, 6.45) is 0. The zero-order chi connectivity index (χ0) is 56.4. The van der Waals surface area contributed by atoms with Gasteiger partial charge in [0, 0.05) is 56.6 Å². The van der Waals surface area contributed by atoms with E-state index in [4.69, 9.17) is 0 Å². The molecule has 0 atom stereocenters. The van der Waals surface area contributed by atoms with E-state index in [2.05, 4.69) is 362 Å². The first kappa shape index (κ1) is 51.4. The highest BCUT2D eigenvalue weighted by Gasteiger charge is 2.36. The molecule has 0 spiro atoms. The molecule has 14 rings (SSSR count). The van der Waals surface area contributed by atoms with Gasteiger partial charge >= 0.3 is 0 Å². The van der Waals surface area contributed by atoms with Gasteiger partial charge in [-0.15, -0.1) is 0 Å². The molecule has 0 saturated carbocycles. The largest absolute Gasteiger partial charge is 0.311 e. The van der Waals surface area contributed by atoms with Gasteiger partial charge in [-0.1, -0.05) is 226 Å². The fourth-order valence-corrected chi connectivity index (χ4v) is 12.3. The van der Waals surface area contributed by atoms with Crippen LogP contribution in [-0.4, -0.2) is 0 Å². The van der Waals surface area contributed by atoms with Crippen molar-refractivity contribution in [3.63, 3.8) is 0 Å². The van der Waals surface area contributed by atoms with E-state index in [9.17, 15) is 0 Å². The summed E-state index contributed by atoms with van der Waals surface area (Å²) in [6.45, 7) is 4.70. The molecule has 13 aromatic carbocycles. The minimum Gasteiger partial charge on any atom is -0.311 e. The summed E-state index contributed by atoms with van der Waals surface area (Å²) in [5.41, 5.74) is 26.9. The number of para-hydroxylation sites is 3. The average Bonchev–Trinajstić information content (AvgIpc) is 3.62. The molecule has 0 aliphatic heterocycles. The second-order valence-corrected chi connectivity index (χ2v) is 22.2. The summed E-state index contributed by atoms with van der Waals surface area (Å²) >= 11 is 0. The van der Waals surface area contributed by atoms with Gasteiger partial charge < -0.3 is 14.7 Å². The Balaban J connectivity index is 0.740. The monoisotopic (exact) mass is 1080 g/mol. The van der Waals surface area contributed by atoms with Crippen LogP contribution in [0.1, 0.15) is 25.0 Å². The maximum atomic E-state index is 2.40. The Morgan fingerprint density at radius 1 is 0.179 bits per heavy atom. The van der Waals surface area contributed by atoms with E-state index in [1.54, 1.807) is 0 Å². The molecular formula is C81H61N3. The number of rotatable bonds is 14. The molecule has 0 radical (unpaired) electrons. The Morgan fingerprint density at radius 2 is 0.440 bits per heavy atom. The van der Waals surface area contributed by atoms with Crippen LogP contribution in [0.5, 0.6) is 0 Å². The number of anilines is 9. The van der Waals surface area contributed by atoms with Crippen LogP contribution in [0.2, 0.25) is 0 Å². The van der Waals surface area contributed by atoms with Crippen LogP contribution >= 0.6 is 0 Å². The molecule has 13 aromatic rings. The van der Waals surface area contributed by atoms with E-state index in [0.29, 0.717) is 0 Å². The quantitative estimate of drug-likeness (QED) is 0.107. The highest BCUT2D eigenvalue weighted by molar-refractivity contribution is 5.88. The summed E-state index contributed by atoms with van der Waals surface area (Å²) in [5.74, 6) is 0. The molecule has 0 N–H and O–H groups in total. The number of hydrogen-bond donors (Lipinski definition) is 0. The first-order valence-electron chi connectivity index (χ1n) is 29.0.